The van der Waals surface area contributed by atoms with E-state index in [-0.39, 0.29) is 29.1 Å². The van der Waals surface area contributed by atoms with Crippen molar-refractivity contribution in [2.45, 2.75) is 32.2 Å². The Morgan fingerprint density at radius 3 is 2.55 bits per heavy atom. The van der Waals surface area contributed by atoms with Crippen LogP contribution in [-0.2, 0) is 17.8 Å². The number of hydrogen-bond acceptors (Lipinski definition) is 5. The molecule has 7 nitrogen and oxygen atoms in total. The van der Waals surface area contributed by atoms with Crippen LogP contribution in [0, 0.1) is 0 Å². The number of oxazole rings is 1. The second-order valence-corrected chi connectivity index (χ2v) is 7.68. The van der Waals surface area contributed by atoms with Crippen molar-refractivity contribution in [1.82, 2.24) is 15.2 Å². The van der Waals surface area contributed by atoms with E-state index < -0.39 is 0 Å². The lowest BCUT2D eigenvalue weighted by Crippen LogP contribution is -2.35. The SMILES string of the molecule is O=C(Cc1ccccc1)NCc1ccc(-c2nc(C(=O)N3CCCCC3)co2)c(O)c1. The van der Waals surface area contributed by atoms with Crippen molar-refractivity contribution >= 4 is 11.8 Å². The second kappa shape index (κ2) is 9.47. The van der Waals surface area contributed by atoms with E-state index in [2.05, 4.69) is 10.3 Å². The zero-order valence-corrected chi connectivity index (χ0v) is 17.2. The maximum Gasteiger partial charge on any atom is 0.275 e. The van der Waals surface area contributed by atoms with Gasteiger partial charge in [0.05, 0.1) is 12.0 Å². The fourth-order valence-electron chi connectivity index (χ4n) is 3.67. The molecule has 1 saturated heterocycles. The molecular formula is C24H25N3O4. The molecule has 0 aliphatic carbocycles. The number of nitrogens with zero attached hydrogens (tertiary/aromatic N) is 2. The molecule has 1 aliphatic rings. The summed E-state index contributed by atoms with van der Waals surface area (Å²) in [6.07, 6.45) is 4.78. The predicted molar refractivity (Wildman–Crippen MR) is 115 cm³/mol. The first-order chi connectivity index (χ1) is 15.1. The fraction of sp³-hybridized carbons (Fsp3) is 0.292. The number of benzene rings is 2. The number of hydrogen-bond donors (Lipinski definition) is 2. The number of nitrogens with one attached hydrogen (secondary N) is 1. The molecule has 2 aromatic carbocycles. The molecule has 0 radical (unpaired) electrons. The Labute approximate surface area is 180 Å². The number of phenols is 1. The quantitative estimate of drug-likeness (QED) is 0.637. The third-order valence-corrected chi connectivity index (χ3v) is 5.36. The Morgan fingerprint density at radius 1 is 1.03 bits per heavy atom. The van der Waals surface area contributed by atoms with E-state index in [0.29, 0.717) is 18.5 Å². The van der Waals surface area contributed by atoms with E-state index in [1.165, 1.54) is 6.26 Å². The van der Waals surface area contributed by atoms with Crippen molar-refractivity contribution in [2.75, 3.05) is 13.1 Å². The highest BCUT2D eigenvalue weighted by atomic mass is 16.3. The molecule has 0 unspecified atom stereocenters. The lowest BCUT2D eigenvalue weighted by molar-refractivity contribution is -0.120. The summed E-state index contributed by atoms with van der Waals surface area (Å²) in [5.74, 6) is -0.0681. The van der Waals surface area contributed by atoms with Gasteiger partial charge in [-0.1, -0.05) is 36.4 Å². The van der Waals surface area contributed by atoms with Crippen LogP contribution in [0.4, 0.5) is 0 Å². The molecule has 2 heterocycles. The molecule has 3 aromatic rings. The van der Waals surface area contributed by atoms with Crippen molar-refractivity contribution in [2.24, 2.45) is 0 Å². The van der Waals surface area contributed by atoms with Gasteiger partial charge in [0.2, 0.25) is 11.8 Å². The van der Waals surface area contributed by atoms with Crippen molar-refractivity contribution in [1.29, 1.82) is 0 Å². The molecule has 4 rings (SSSR count). The first kappa shape index (κ1) is 20.7. The van der Waals surface area contributed by atoms with Gasteiger partial charge in [0.25, 0.3) is 5.91 Å². The van der Waals surface area contributed by atoms with E-state index in [0.717, 1.165) is 43.5 Å². The largest absolute Gasteiger partial charge is 0.507 e. The van der Waals surface area contributed by atoms with Crippen LogP contribution in [0.2, 0.25) is 0 Å². The van der Waals surface area contributed by atoms with Crippen molar-refractivity contribution in [3.8, 4) is 17.2 Å². The lowest BCUT2D eigenvalue weighted by Gasteiger charge is -2.25. The van der Waals surface area contributed by atoms with E-state index in [1.807, 2.05) is 30.3 Å². The number of carbonyl (C=O) groups is 2. The van der Waals surface area contributed by atoms with Gasteiger partial charge in [-0.3, -0.25) is 9.59 Å². The predicted octanol–water partition coefficient (Wildman–Crippen LogP) is 3.53. The minimum absolute atomic E-state index is 0.0198. The van der Waals surface area contributed by atoms with Crippen molar-refractivity contribution < 1.29 is 19.1 Å². The van der Waals surface area contributed by atoms with Gasteiger partial charge in [-0.25, -0.2) is 4.98 Å². The maximum absolute atomic E-state index is 12.6. The molecule has 1 aromatic heterocycles. The van der Waals surface area contributed by atoms with Gasteiger partial charge in [0, 0.05) is 19.6 Å². The maximum atomic E-state index is 12.6. The average molecular weight is 419 g/mol. The van der Waals surface area contributed by atoms with E-state index in [1.54, 1.807) is 23.1 Å². The topological polar surface area (TPSA) is 95.7 Å². The van der Waals surface area contributed by atoms with Crippen LogP contribution < -0.4 is 5.32 Å². The molecule has 2 amide bonds. The van der Waals surface area contributed by atoms with Gasteiger partial charge in [-0.05, 0) is 42.5 Å². The number of phenolic OH excluding ortho intramolecular Hbond substituents is 1. The Hall–Kier alpha value is -3.61. The molecule has 0 atom stereocenters. The Morgan fingerprint density at radius 2 is 1.81 bits per heavy atom. The molecule has 0 spiro atoms. The Kier molecular flexibility index (Phi) is 6.31. The van der Waals surface area contributed by atoms with Gasteiger partial charge >= 0.3 is 0 Å². The number of likely N-dealkylation sites (tertiary alicyclic amines) is 1. The van der Waals surface area contributed by atoms with Crippen LogP contribution >= 0.6 is 0 Å². The molecule has 0 bridgehead atoms. The van der Waals surface area contributed by atoms with Crippen LogP contribution in [0.25, 0.3) is 11.5 Å². The van der Waals surface area contributed by atoms with Crippen LogP contribution in [0.1, 0.15) is 40.9 Å². The molecule has 1 fully saturated rings. The van der Waals surface area contributed by atoms with Gasteiger partial charge in [0.15, 0.2) is 5.69 Å². The summed E-state index contributed by atoms with van der Waals surface area (Å²) in [4.78, 5) is 30.7. The summed E-state index contributed by atoms with van der Waals surface area (Å²) in [5.41, 5.74) is 2.33. The van der Waals surface area contributed by atoms with Gasteiger partial charge < -0.3 is 19.7 Å². The second-order valence-electron chi connectivity index (χ2n) is 7.68. The van der Waals surface area contributed by atoms with Gasteiger partial charge in [-0.15, -0.1) is 0 Å². The normalized spacial score (nSPS) is 13.7. The highest BCUT2D eigenvalue weighted by molar-refractivity contribution is 5.92. The molecule has 1 aliphatic heterocycles. The summed E-state index contributed by atoms with van der Waals surface area (Å²) >= 11 is 0. The van der Waals surface area contributed by atoms with Gasteiger partial charge in [-0.2, -0.15) is 0 Å². The third-order valence-electron chi connectivity index (χ3n) is 5.36. The number of amides is 2. The van der Waals surface area contributed by atoms with E-state index in [4.69, 9.17) is 4.42 Å². The fourth-order valence-corrected chi connectivity index (χ4v) is 3.67. The van der Waals surface area contributed by atoms with Gasteiger partial charge in [0.1, 0.15) is 12.0 Å². The van der Waals surface area contributed by atoms with Crippen LogP contribution in [0.5, 0.6) is 5.75 Å². The molecule has 7 heteroatoms. The standard InChI is InChI=1S/C24H25N3O4/c28-21-13-18(15-25-22(29)14-17-7-3-1-4-8-17)9-10-19(21)23-26-20(16-31-23)24(30)27-11-5-2-6-12-27/h1,3-4,7-10,13,16,28H,2,5-6,11-12,14-15H2,(H,25,29). The smallest absolute Gasteiger partial charge is 0.275 e. The van der Waals surface area contributed by atoms with Crippen molar-refractivity contribution in [3.63, 3.8) is 0 Å². The van der Waals surface area contributed by atoms with Crippen molar-refractivity contribution in [3.05, 3.63) is 71.6 Å². The third kappa shape index (κ3) is 5.12. The lowest BCUT2D eigenvalue weighted by atomic mass is 10.1. The summed E-state index contributed by atoms with van der Waals surface area (Å²) in [6.45, 7) is 1.76. The molecule has 160 valence electrons. The number of carbonyl (C=O) groups excluding carboxylic acids is 2. The van der Waals surface area contributed by atoms with E-state index in [9.17, 15) is 14.7 Å². The van der Waals surface area contributed by atoms with Crippen LogP contribution in [0.15, 0.2) is 59.2 Å². The first-order valence-corrected chi connectivity index (χ1v) is 10.5. The Bertz CT molecular complexity index is 1060. The molecule has 2 N–H and O–H groups in total. The monoisotopic (exact) mass is 419 g/mol. The summed E-state index contributed by atoms with van der Waals surface area (Å²) < 4.78 is 5.46. The summed E-state index contributed by atoms with van der Waals surface area (Å²) in [7, 11) is 0. The minimum atomic E-state index is -0.146. The zero-order chi connectivity index (χ0) is 21.6. The highest BCUT2D eigenvalue weighted by Crippen LogP contribution is 2.29. The molecule has 0 saturated carbocycles. The molecular weight excluding hydrogens is 394 g/mol. The first-order valence-electron chi connectivity index (χ1n) is 10.5. The minimum Gasteiger partial charge on any atom is -0.507 e. The molecule has 31 heavy (non-hydrogen) atoms. The number of piperidine rings is 1. The number of aromatic nitrogens is 1. The summed E-state index contributed by atoms with van der Waals surface area (Å²) in [6, 6.07) is 14.5. The number of aromatic hydroxyl groups is 1. The van der Waals surface area contributed by atoms with E-state index >= 15 is 0 Å². The van der Waals surface area contributed by atoms with Crippen LogP contribution in [-0.4, -0.2) is 39.9 Å². The summed E-state index contributed by atoms with van der Waals surface area (Å²) in [5, 5.41) is 13.3. The highest BCUT2D eigenvalue weighted by Gasteiger charge is 2.22. The zero-order valence-electron chi connectivity index (χ0n) is 17.2. The van der Waals surface area contributed by atoms with Crippen LogP contribution in [0.3, 0.4) is 0 Å². The average Bonchev–Trinajstić information content (AvgIpc) is 3.28. The number of rotatable bonds is 6. The Balaban J connectivity index is 1.38.